The molecule has 1 aromatic heterocycles. The quantitative estimate of drug-likeness (QED) is 0.404. The van der Waals surface area contributed by atoms with Gasteiger partial charge in [-0.3, -0.25) is 19.3 Å². The van der Waals surface area contributed by atoms with Crippen molar-refractivity contribution in [1.82, 2.24) is 0 Å². The van der Waals surface area contributed by atoms with Crippen molar-refractivity contribution in [2.75, 3.05) is 22.1 Å². The number of anilines is 3. The van der Waals surface area contributed by atoms with Crippen molar-refractivity contribution in [2.24, 2.45) is 0 Å². The van der Waals surface area contributed by atoms with Crippen molar-refractivity contribution in [2.45, 2.75) is 0 Å². The Hall–Kier alpha value is -3.75. The van der Waals surface area contributed by atoms with E-state index in [-0.39, 0.29) is 28.3 Å². The van der Waals surface area contributed by atoms with E-state index in [9.17, 15) is 18.8 Å². The highest BCUT2D eigenvalue weighted by atomic mass is 35.5. The zero-order valence-electron chi connectivity index (χ0n) is 16.9. The van der Waals surface area contributed by atoms with Crippen molar-refractivity contribution in [3.8, 4) is 0 Å². The van der Waals surface area contributed by atoms with Gasteiger partial charge in [0.25, 0.3) is 11.8 Å². The Morgan fingerprint density at radius 3 is 2.61 bits per heavy atom. The topological polar surface area (TPSA) is 78.5 Å². The molecule has 3 aromatic carbocycles. The standard InChI is InChI=1S/C24H15ClFN3O3S/c25-21-16-10-7-14(26)11-19(16)33-22(21)23(31)27-15-8-5-13(6-9-15)24(32)29-12-20(30)28-17-3-1-2-4-18(17)29/h1-11H,12H2,(H,27,31)(H,28,30). The molecular formula is C24H15ClFN3O3S. The van der Waals surface area contributed by atoms with E-state index in [1.807, 2.05) is 0 Å². The van der Waals surface area contributed by atoms with Crippen molar-refractivity contribution >= 4 is 67.8 Å². The maximum absolute atomic E-state index is 13.5. The molecule has 3 amide bonds. The summed E-state index contributed by atoms with van der Waals surface area (Å²) in [6.07, 6.45) is 0. The smallest absolute Gasteiger partial charge is 0.267 e. The van der Waals surface area contributed by atoms with E-state index in [1.54, 1.807) is 54.6 Å². The summed E-state index contributed by atoms with van der Waals surface area (Å²) in [5.74, 6) is -1.43. The van der Waals surface area contributed by atoms with Crippen LogP contribution in [0.25, 0.3) is 10.1 Å². The highest BCUT2D eigenvalue weighted by molar-refractivity contribution is 7.21. The fraction of sp³-hybridized carbons (Fsp3) is 0.0417. The molecule has 2 N–H and O–H groups in total. The zero-order chi connectivity index (χ0) is 23.1. The number of fused-ring (bicyclic) bond motifs is 2. The third-order valence-corrected chi connectivity index (χ3v) is 6.86. The molecule has 0 spiro atoms. The van der Waals surface area contributed by atoms with Crippen molar-refractivity contribution in [3.63, 3.8) is 0 Å². The number of hydrogen-bond donors (Lipinski definition) is 2. The molecule has 0 aliphatic carbocycles. The van der Waals surface area contributed by atoms with Crippen LogP contribution in [0.3, 0.4) is 0 Å². The molecular weight excluding hydrogens is 465 g/mol. The van der Waals surface area contributed by atoms with Crippen LogP contribution in [0.2, 0.25) is 5.02 Å². The molecule has 1 aliphatic heterocycles. The van der Waals surface area contributed by atoms with E-state index >= 15 is 0 Å². The van der Waals surface area contributed by atoms with Gasteiger partial charge in [0.1, 0.15) is 17.2 Å². The molecule has 0 bridgehead atoms. The van der Waals surface area contributed by atoms with E-state index in [0.29, 0.717) is 32.7 Å². The Morgan fingerprint density at radius 2 is 1.82 bits per heavy atom. The minimum Gasteiger partial charge on any atom is -0.323 e. The Balaban J connectivity index is 1.35. The summed E-state index contributed by atoms with van der Waals surface area (Å²) in [7, 11) is 0. The van der Waals surface area contributed by atoms with Crippen LogP contribution in [0.1, 0.15) is 20.0 Å². The van der Waals surface area contributed by atoms with Crippen LogP contribution in [-0.2, 0) is 4.79 Å². The molecule has 6 nitrogen and oxygen atoms in total. The third-order valence-electron chi connectivity index (χ3n) is 5.20. The fourth-order valence-corrected chi connectivity index (χ4v) is 5.08. The number of nitrogens with zero attached hydrogens (tertiary/aromatic N) is 1. The first-order valence-corrected chi connectivity index (χ1v) is 11.1. The first-order chi connectivity index (χ1) is 15.9. The number of rotatable bonds is 3. The summed E-state index contributed by atoms with van der Waals surface area (Å²) < 4.78 is 14.1. The van der Waals surface area contributed by atoms with Gasteiger partial charge < -0.3 is 10.6 Å². The Bertz CT molecular complexity index is 1430. The SMILES string of the molecule is O=C1CN(C(=O)c2ccc(NC(=O)c3sc4cc(F)ccc4c3Cl)cc2)c2ccccc2N1. The highest BCUT2D eigenvalue weighted by Crippen LogP contribution is 2.36. The number of carbonyl (C=O) groups excluding carboxylic acids is 3. The average Bonchev–Trinajstić information content (AvgIpc) is 3.14. The summed E-state index contributed by atoms with van der Waals surface area (Å²) >= 11 is 7.42. The minimum atomic E-state index is -0.428. The second kappa shape index (κ2) is 8.31. The monoisotopic (exact) mass is 479 g/mol. The van der Waals surface area contributed by atoms with Gasteiger partial charge in [-0.25, -0.2) is 4.39 Å². The van der Waals surface area contributed by atoms with E-state index in [0.717, 1.165) is 11.3 Å². The van der Waals surface area contributed by atoms with E-state index in [2.05, 4.69) is 10.6 Å². The molecule has 2 heterocycles. The molecule has 0 saturated heterocycles. The maximum Gasteiger partial charge on any atom is 0.267 e. The zero-order valence-corrected chi connectivity index (χ0v) is 18.5. The van der Waals surface area contributed by atoms with Crippen molar-refractivity contribution in [1.29, 1.82) is 0 Å². The van der Waals surface area contributed by atoms with Gasteiger partial charge in [-0.1, -0.05) is 23.7 Å². The van der Waals surface area contributed by atoms with Crippen LogP contribution in [-0.4, -0.2) is 24.3 Å². The van der Waals surface area contributed by atoms with Crippen LogP contribution in [0.5, 0.6) is 0 Å². The normalized spacial score (nSPS) is 12.9. The molecule has 0 atom stereocenters. The summed E-state index contributed by atoms with van der Waals surface area (Å²) in [6, 6.07) is 17.6. The molecule has 1 aliphatic rings. The number of benzene rings is 3. The summed E-state index contributed by atoms with van der Waals surface area (Å²) in [6.45, 7) is -0.0840. The lowest BCUT2D eigenvalue weighted by Gasteiger charge is -2.29. The molecule has 0 saturated carbocycles. The molecule has 164 valence electrons. The Morgan fingerprint density at radius 1 is 1.06 bits per heavy atom. The van der Waals surface area contributed by atoms with Crippen LogP contribution < -0.4 is 15.5 Å². The van der Waals surface area contributed by atoms with Gasteiger partial charge >= 0.3 is 0 Å². The van der Waals surface area contributed by atoms with Gasteiger partial charge in [-0.05, 0) is 54.6 Å². The van der Waals surface area contributed by atoms with Crippen LogP contribution in [0.4, 0.5) is 21.5 Å². The van der Waals surface area contributed by atoms with Crippen LogP contribution >= 0.6 is 22.9 Å². The van der Waals surface area contributed by atoms with Crippen LogP contribution in [0.15, 0.2) is 66.7 Å². The Kier molecular flexibility index (Phi) is 5.32. The number of carbonyl (C=O) groups is 3. The number of hydrogen-bond acceptors (Lipinski definition) is 4. The molecule has 0 fully saturated rings. The lowest BCUT2D eigenvalue weighted by atomic mass is 10.1. The highest BCUT2D eigenvalue weighted by Gasteiger charge is 2.27. The molecule has 0 unspecified atom stereocenters. The first-order valence-electron chi connectivity index (χ1n) is 9.90. The molecule has 9 heteroatoms. The second-order valence-corrected chi connectivity index (χ2v) is 8.80. The lowest BCUT2D eigenvalue weighted by Crippen LogP contribution is -2.42. The second-order valence-electron chi connectivity index (χ2n) is 7.37. The van der Waals surface area contributed by atoms with Crippen molar-refractivity contribution in [3.05, 3.63) is 88.0 Å². The van der Waals surface area contributed by atoms with Crippen molar-refractivity contribution < 1.29 is 18.8 Å². The number of amides is 3. The average molecular weight is 480 g/mol. The van der Waals surface area contributed by atoms with E-state index < -0.39 is 11.7 Å². The van der Waals surface area contributed by atoms with Gasteiger partial charge in [0.15, 0.2) is 0 Å². The largest absolute Gasteiger partial charge is 0.323 e. The number of halogens is 2. The molecule has 0 radical (unpaired) electrons. The third kappa shape index (κ3) is 3.94. The predicted octanol–water partition coefficient (Wildman–Crippen LogP) is 5.55. The minimum absolute atomic E-state index is 0.0840. The lowest BCUT2D eigenvalue weighted by molar-refractivity contribution is -0.115. The van der Waals surface area contributed by atoms with Gasteiger partial charge in [-0.15, -0.1) is 11.3 Å². The summed E-state index contributed by atoms with van der Waals surface area (Å²) in [5, 5.41) is 6.37. The molecule has 4 aromatic rings. The Labute approximate surface area is 196 Å². The maximum atomic E-state index is 13.5. The predicted molar refractivity (Wildman–Crippen MR) is 128 cm³/mol. The molecule has 5 rings (SSSR count). The van der Waals surface area contributed by atoms with E-state index in [1.165, 1.54) is 17.0 Å². The molecule has 33 heavy (non-hydrogen) atoms. The summed E-state index contributed by atoms with van der Waals surface area (Å²) in [4.78, 5) is 39.5. The first kappa shape index (κ1) is 21.1. The van der Waals surface area contributed by atoms with Gasteiger partial charge in [0, 0.05) is 21.3 Å². The summed E-state index contributed by atoms with van der Waals surface area (Å²) in [5.41, 5.74) is 2.03. The fourth-order valence-electron chi connectivity index (χ4n) is 3.64. The van der Waals surface area contributed by atoms with Gasteiger partial charge in [0.2, 0.25) is 5.91 Å². The number of para-hydroxylation sites is 2. The van der Waals surface area contributed by atoms with Crippen LogP contribution in [0, 0.1) is 5.82 Å². The van der Waals surface area contributed by atoms with Gasteiger partial charge in [-0.2, -0.15) is 0 Å². The van der Waals surface area contributed by atoms with E-state index in [4.69, 9.17) is 11.6 Å². The number of nitrogens with one attached hydrogen (secondary N) is 2. The number of thiophene rings is 1. The van der Waals surface area contributed by atoms with Gasteiger partial charge in [0.05, 0.1) is 16.4 Å².